The Morgan fingerprint density at radius 3 is 2.68 bits per heavy atom. The fraction of sp³-hybridized carbons (Fsp3) is 0.452. The number of benzene rings is 2. The Kier molecular flexibility index (Phi) is 6.75. The van der Waals surface area contributed by atoms with Crippen molar-refractivity contribution in [2.24, 2.45) is 5.41 Å². The van der Waals surface area contributed by atoms with Gasteiger partial charge in [0.2, 0.25) is 0 Å². The standard InChI is InChI=1S/C31H25ClF6N6O2S/c32-21-19(14-2-3-16(33)25-18(14)15(8-39)26(40)47-25)22(36)23-20-24(21)45-7-6-43(9-17(34)35)27(20)42-28(41-23)46-13-30-4-1-5-44(30)12-29(10-30)11-31(29,37)38/h2-3,17H,1,4-7,9-13,40H2/t29?,30-/m0/s1. The van der Waals surface area contributed by atoms with Crippen LogP contribution in [0, 0.1) is 28.4 Å². The van der Waals surface area contributed by atoms with Gasteiger partial charge in [0.05, 0.1) is 44.7 Å². The zero-order chi connectivity index (χ0) is 33.0. The fourth-order valence-corrected chi connectivity index (χ4v) is 9.05. The number of aromatic nitrogens is 2. The molecule has 5 heterocycles. The van der Waals surface area contributed by atoms with Crippen molar-refractivity contribution in [3.05, 3.63) is 34.4 Å². The molecule has 2 aromatic carbocycles. The molecule has 1 aliphatic carbocycles. The minimum absolute atomic E-state index is 0.0188. The summed E-state index contributed by atoms with van der Waals surface area (Å²) in [6.07, 6.45) is -1.34. The van der Waals surface area contributed by atoms with Gasteiger partial charge in [-0.3, -0.25) is 4.90 Å². The predicted octanol–water partition coefficient (Wildman–Crippen LogP) is 7.00. The number of fused-ring (bicyclic) bond motifs is 2. The molecule has 2 atom stereocenters. The van der Waals surface area contributed by atoms with Gasteiger partial charge in [-0.2, -0.15) is 15.2 Å². The Morgan fingerprint density at radius 2 is 1.96 bits per heavy atom. The summed E-state index contributed by atoms with van der Waals surface area (Å²) in [5, 5.41) is 9.59. The van der Waals surface area contributed by atoms with Crippen molar-refractivity contribution >= 4 is 54.7 Å². The first-order chi connectivity index (χ1) is 22.4. The number of alkyl halides is 4. The third kappa shape index (κ3) is 4.44. The van der Waals surface area contributed by atoms with Crippen LogP contribution in [0.15, 0.2) is 12.1 Å². The van der Waals surface area contributed by atoms with E-state index in [1.165, 1.54) is 11.0 Å². The van der Waals surface area contributed by atoms with Gasteiger partial charge in [0.15, 0.2) is 11.6 Å². The SMILES string of the molecule is N#Cc1c(N)sc2c(F)ccc(-c3c(Cl)c4c5c(nc(OC[C@@]67CCCN6CC6(CC6(F)F)C7)nc5c3F)N(CC(F)F)CCO4)c12. The Hall–Kier alpha value is -3.74. The van der Waals surface area contributed by atoms with Gasteiger partial charge in [0.1, 0.15) is 41.4 Å². The van der Waals surface area contributed by atoms with E-state index in [0.29, 0.717) is 13.0 Å². The summed E-state index contributed by atoms with van der Waals surface area (Å²) in [6, 6.07) is 3.98. The Balaban J connectivity index is 1.30. The molecule has 3 aliphatic heterocycles. The van der Waals surface area contributed by atoms with Crippen molar-refractivity contribution in [1.82, 2.24) is 14.9 Å². The van der Waals surface area contributed by atoms with Gasteiger partial charge in [-0.1, -0.05) is 17.7 Å². The molecule has 16 heteroatoms. The lowest BCUT2D eigenvalue weighted by Gasteiger charge is -2.31. The molecule has 1 saturated carbocycles. The van der Waals surface area contributed by atoms with Crippen molar-refractivity contribution in [2.75, 3.05) is 50.0 Å². The number of hydrogen-bond acceptors (Lipinski definition) is 9. The van der Waals surface area contributed by atoms with Crippen LogP contribution in [0.2, 0.25) is 5.02 Å². The number of anilines is 2. The van der Waals surface area contributed by atoms with Crippen LogP contribution in [0.25, 0.3) is 32.1 Å². The van der Waals surface area contributed by atoms with E-state index in [1.807, 2.05) is 11.0 Å². The largest absolute Gasteiger partial charge is 0.489 e. The summed E-state index contributed by atoms with van der Waals surface area (Å²) in [5.41, 5.74) is 3.58. The lowest BCUT2D eigenvalue weighted by atomic mass is 9.89. The molecule has 2 saturated heterocycles. The van der Waals surface area contributed by atoms with Crippen LogP contribution in [-0.4, -0.2) is 72.1 Å². The molecule has 1 unspecified atom stereocenters. The molecular formula is C31H25ClF6N6O2S. The van der Waals surface area contributed by atoms with E-state index in [-0.39, 0.29) is 104 Å². The molecule has 2 aromatic heterocycles. The van der Waals surface area contributed by atoms with Crippen LogP contribution in [0.1, 0.15) is 31.2 Å². The molecule has 246 valence electrons. The van der Waals surface area contributed by atoms with Crippen LogP contribution in [0.3, 0.4) is 0 Å². The van der Waals surface area contributed by atoms with Gasteiger partial charge in [0.25, 0.3) is 12.3 Å². The smallest absolute Gasteiger partial charge is 0.319 e. The van der Waals surface area contributed by atoms with E-state index < -0.39 is 41.5 Å². The first-order valence-electron chi connectivity index (χ1n) is 14.9. The highest BCUT2D eigenvalue weighted by atomic mass is 35.5. The zero-order valence-electron chi connectivity index (χ0n) is 24.5. The van der Waals surface area contributed by atoms with Crippen LogP contribution in [0.5, 0.6) is 11.8 Å². The Bertz CT molecular complexity index is 2040. The summed E-state index contributed by atoms with van der Waals surface area (Å²) in [4.78, 5) is 12.0. The lowest BCUT2D eigenvalue weighted by Crippen LogP contribution is -2.43. The Labute approximate surface area is 272 Å². The molecule has 1 spiro atoms. The van der Waals surface area contributed by atoms with Gasteiger partial charge < -0.3 is 20.1 Å². The lowest BCUT2D eigenvalue weighted by molar-refractivity contribution is 0.0647. The maximum Gasteiger partial charge on any atom is 0.319 e. The molecule has 8 rings (SSSR count). The second-order valence-corrected chi connectivity index (χ2v) is 14.1. The van der Waals surface area contributed by atoms with Crippen molar-refractivity contribution in [2.45, 2.75) is 43.6 Å². The van der Waals surface area contributed by atoms with Crippen LogP contribution >= 0.6 is 22.9 Å². The second kappa shape index (κ2) is 10.4. The summed E-state index contributed by atoms with van der Waals surface area (Å²) >= 11 is 7.64. The average molecular weight is 695 g/mol. The van der Waals surface area contributed by atoms with Gasteiger partial charge in [-0.25, -0.2) is 26.3 Å². The second-order valence-electron chi connectivity index (χ2n) is 12.7. The summed E-state index contributed by atoms with van der Waals surface area (Å²) in [6.45, 7) is -0.128. The fourth-order valence-electron chi connectivity index (χ4n) is 7.77. The molecular weight excluding hydrogens is 670 g/mol. The molecule has 0 radical (unpaired) electrons. The van der Waals surface area contributed by atoms with Gasteiger partial charge in [-0.05, 0) is 37.4 Å². The molecule has 2 N–H and O–H groups in total. The van der Waals surface area contributed by atoms with Gasteiger partial charge in [0, 0.05) is 23.9 Å². The minimum Gasteiger partial charge on any atom is -0.489 e. The molecule has 0 amide bonds. The van der Waals surface area contributed by atoms with Gasteiger partial charge >= 0.3 is 6.01 Å². The maximum absolute atomic E-state index is 16.9. The highest BCUT2D eigenvalue weighted by Crippen LogP contribution is 2.69. The highest BCUT2D eigenvalue weighted by Gasteiger charge is 2.77. The van der Waals surface area contributed by atoms with E-state index >= 15 is 4.39 Å². The molecule has 3 fully saturated rings. The number of nitriles is 1. The Morgan fingerprint density at radius 1 is 1.17 bits per heavy atom. The first kappa shape index (κ1) is 30.6. The van der Waals surface area contributed by atoms with E-state index in [1.54, 1.807) is 0 Å². The third-order valence-corrected chi connectivity index (χ3v) is 11.4. The van der Waals surface area contributed by atoms with Crippen LogP contribution in [0.4, 0.5) is 37.2 Å². The predicted molar refractivity (Wildman–Crippen MR) is 164 cm³/mol. The zero-order valence-corrected chi connectivity index (χ0v) is 26.1. The number of thiophene rings is 1. The van der Waals surface area contributed by atoms with E-state index in [0.717, 1.165) is 23.8 Å². The van der Waals surface area contributed by atoms with E-state index in [2.05, 4.69) is 9.97 Å². The summed E-state index contributed by atoms with van der Waals surface area (Å²) in [5.74, 6) is -4.60. The van der Waals surface area contributed by atoms with E-state index in [9.17, 15) is 27.2 Å². The maximum atomic E-state index is 16.9. The quantitative estimate of drug-likeness (QED) is 0.216. The molecule has 0 bridgehead atoms. The van der Waals surface area contributed by atoms with Crippen molar-refractivity contribution < 1.29 is 35.8 Å². The number of nitrogens with zero attached hydrogens (tertiary/aromatic N) is 5. The van der Waals surface area contributed by atoms with Gasteiger partial charge in [-0.15, -0.1) is 11.3 Å². The topological polar surface area (TPSA) is 101 Å². The highest BCUT2D eigenvalue weighted by molar-refractivity contribution is 7.23. The number of nitrogens with two attached hydrogens (primary N) is 1. The molecule has 4 aromatic rings. The summed E-state index contributed by atoms with van der Waals surface area (Å²) in [7, 11) is 0. The van der Waals surface area contributed by atoms with E-state index in [4.69, 9.17) is 26.8 Å². The van der Waals surface area contributed by atoms with Crippen molar-refractivity contribution in [3.8, 4) is 29.0 Å². The number of hydrogen-bond donors (Lipinski definition) is 1. The molecule has 8 nitrogen and oxygen atoms in total. The van der Waals surface area contributed by atoms with Crippen LogP contribution < -0.4 is 20.1 Å². The average Bonchev–Trinajstić information content (AvgIpc) is 3.27. The number of rotatable bonds is 6. The summed E-state index contributed by atoms with van der Waals surface area (Å²) < 4.78 is 100. The van der Waals surface area contributed by atoms with Crippen molar-refractivity contribution in [3.63, 3.8) is 0 Å². The first-order valence-corrected chi connectivity index (χ1v) is 16.1. The number of ether oxygens (including phenoxy) is 2. The van der Waals surface area contributed by atoms with Crippen LogP contribution in [-0.2, 0) is 0 Å². The minimum atomic E-state index is -2.78. The third-order valence-electron chi connectivity index (χ3n) is 9.99. The normalized spacial score (nSPS) is 24.6. The number of nitrogen functional groups attached to an aromatic ring is 1. The molecule has 4 aliphatic rings. The van der Waals surface area contributed by atoms with Crippen molar-refractivity contribution in [1.29, 1.82) is 5.26 Å². The monoisotopic (exact) mass is 694 g/mol. The molecule has 47 heavy (non-hydrogen) atoms. The number of halogens is 7.